The van der Waals surface area contributed by atoms with E-state index in [-0.39, 0.29) is 11.7 Å². The maximum absolute atomic E-state index is 13.5. The molecule has 1 atom stereocenters. The van der Waals surface area contributed by atoms with Crippen LogP contribution in [0.2, 0.25) is 0 Å². The van der Waals surface area contributed by atoms with Crippen molar-refractivity contribution in [1.82, 2.24) is 0 Å². The molecule has 22 heavy (non-hydrogen) atoms. The molecule has 2 aromatic carbocycles. The van der Waals surface area contributed by atoms with E-state index in [1.54, 1.807) is 13.2 Å². The summed E-state index contributed by atoms with van der Waals surface area (Å²) in [5.74, 6) is 1.12. The van der Waals surface area contributed by atoms with Crippen LogP contribution in [0.1, 0.15) is 42.4 Å². The average molecular weight is 301 g/mol. The molecule has 0 heterocycles. The zero-order valence-corrected chi connectivity index (χ0v) is 13.5. The molecule has 2 rings (SSSR count). The van der Waals surface area contributed by atoms with Gasteiger partial charge in [-0.15, -0.1) is 0 Å². The van der Waals surface area contributed by atoms with Gasteiger partial charge in [-0.05, 0) is 53.8 Å². The molecule has 0 bridgehead atoms. The van der Waals surface area contributed by atoms with Crippen molar-refractivity contribution >= 4 is 0 Å². The summed E-state index contributed by atoms with van der Waals surface area (Å²) in [5.41, 5.74) is 9.29. The van der Waals surface area contributed by atoms with Crippen LogP contribution in [0.15, 0.2) is 42.5 Å². The zero-order valence-electron chi connectivity index (χ0n) is 13.5. The van der Waals surface area contributed by atoms with Gasteiger partial charge in [-0.25, -0.2) is 4.39 Å². The van der Waals surface area contributed by atoms with Crippen LogP contribution in [-0.4, -0.2) is 13.7 Å². The van der Waals surface area contributed by atoms with E-state index in [2.05, 4.69) is 38.1 Å². The van der Waals surface area contributed by atoms with Crippen molar-refractivity contribution in [3.63, 3.8) is 0 Å². The van der Waals surface area contributed by atoms with Crippen molar-refractivity contribution in [3.8, 4) is 5.75 Å². The van der Waals surface area contributed by atoms with Crippen LogP contribution in [-0.2, 0) is 6.42 Å². The fourth-order valence-electron chi connectivity index (χ4n) is 2.66. The first-order chi connectivity index (χ1) is 10.5. The third kappa shape index (κ3) is 3.86. The van der Waals surface area contributed by atoms with Gasteiger partial charge in [0.2, 0.25) is 0 Å². The third-order valence-corrected chi connectivity index (χ3v) is 4.07. The Kier molecular flexibility index (Phi) is 5.56. The standard InChI is InChI=1S/C19H24FNO/c1-13(2)14-4-6-15(7-5-14)17(12-21)10-16-11-18(20)8-9-19(16)22-3/h4-9,11,13,17H,10,12,21H2,1-3H3. The second-order valence-corrected chi connectivity index (χ2v) is 5.91. The number of rotatable bonds is 6. The van der Waals surface area contributed by atoms with Gasteiger partial charge >= 0.3 is 0 Å². The first-order valence-electron chi connectivity index (χ1n) is 7.67. The van der Waals surface area contributed by atoms with Crippen LogP contribution < -0.4 is 10.5 Å². The molecule has 2 aromatic rings. The highest BCUT2D eigenvalue weighted by Gasteiger charge is 2.14. The number of ether oxygens (including phenoxy) is 1. The van der Waals surface area contributed by atoms with Gasteiger partial charge in [0.25, 0.3) is 0 Å². The van der Waals surface area contributed by atoms with Crippen LogP contribution in [0.25, 0.3) is 0 Å². The molecule has 0 fully saturated rings. The molecule has 0 aromatic heterocycles. The van der Waals surface area contributed by atoms with Crippen LogP contribution in [0.5, 0.6) is 5.75 Å². The molecule has 0 aliphatic carbocycles. The van der Waals surface area contributed by atoms with Crippen LogP contribution in [0.3, 0.4) is 0 Å². The Bertz CT molecular complexity index is 607. The second kappa shape index (κ2) is 7.41. The van der Waals surface area contributed by atoms with E-state index >= 15 is 0 Å². The largest absolute Gasteiger partial charge is 0.496 e. The highest BCUT2D eigenvalue weighted by molar-refractivity contribution is 5.37. The van der Waals surface area contributed by atoms with Crippen molar-refractivity contribution in [2.45, 2.75) is 32.1 Å². The quantitative estimate of drug-likeness (QED) is 0.866. The smallest absolute Gasteiger partial charge is 0.123 e. The van der Waals surface area contributed by atoms with Crippen molar-refractivity contribution in [2.24, 2.45) is 5.73 Å². The molecule has 0 saturated heterocycles. The van der Waals surface area contributed by atoms with Crippen molar-refractivity contribution in [1.29, 1.82) is 0 Å². The SMILES string of the molecule is COc1ccc(F)cc1CC(CN)c1ccc(C(C)C)cc1. The lowest BCUT2D eigenvalue weighted by Crippen LogP contribution is -2.15. The molecule has 1 unspecified atom stereocenters. The molecule has 0 spiro atoms. The average Bonchev–Trinajstić information content (AvgIpc) is 2.53. The lowest BCUT2D eigenvalue weighted by Gasteiger charge is -2.18. The molecule has 0 aliphatic rings. The van der Waals surface area contributed by atoms with Crippen LogP contribution in [0.4, 0.5) is 4.39 Å². The Morgan fingerprint density at radius 3 is 2.23 bits per heavy atom. The third-order valence-electron chi connectivity index (χ3n) is 4.07. The van der Waals surface area contributed by atoms with Crippen LogP contribution in [0, 0.1) is 5.82 Å². The van der Waals surface area contributed by atoms with Gasteiger partial charge in [-0.3, -0.25) is 0 Å². The van der Waals surface area contributed by atoms with Crippen molar-refractivity contribution in [3.05, 3.63) is 65.0 Å². The number of nitrogens with two attached hydrogens (primary N) is 1. The lowest BCUT2D eigenvalue weighted by molar-refractivity contribution is 0.406. The highest BCUT2D eigenvalue weighted by atomic mass is 19.1. The fraction of sp³-hybridized carbons (Fsp3) is 0.368. The topological polar surface area (TPSA) is 35.2 Å². The predicted octanol–water partition coefficient (Wildman–Crippen LogP) is 4.24. The maximum atomic E-state index is 13.5. The minimum absolute atomic E-state index is 0.150. The van der Waals surface area contributed by atoms with Gasteiger partial charge in [-0.2, -0.15) is 0 Å². The Labute approximate surface area is 132 Å². The van der Waals surface area contributed by atoms with E-state index in [4.69, 9.17) is 10.5 Å². The molecule has 118 valence electrons. The first-order valence-corrected chi connectivity index (χ1v) is 7.67. The predicted molar refractivity (Wildman–Crippen MR) is 89.0 cm³/mol. The molecule has 3 heteroatoms. The Morgan fingerprint density at radius 1 is 1.05 bits per heavy atom. The zero-order chi connectivity index (χ0) is 16.1. The number of benzene rings is 2. The minimum atomic E-state index is -0.248. The van der Waals surface area contributed by atoms with Gasteiger partial charge < -0.3 is 10.5 Å². The number of halogens is 1. The van der Waals surface area contributed by atoms with Gasteiger partial charge in [0, 0.05) is 5.92 Å². The summed E-state index contributed by atoms with van der Waals surface area (Å²) in [6, 6.07) is 13.1. The van der Waals surface area contributed by atoms with Crippen LogP contribution >= 0.6 is 0 Å². The molecular formula is C19H24FNO. The van der Waals surface area contributed by atoms with Gasteiger partial charge in [0.05, 0.1) is 7.11 Å². The molecule has 0 aliphatic heterocycles. The normalized spacial score (nSPS) is 12.5. The Morgan fingerprint density at radius 2 is 1.68 bits per heavy atom. The van der Waals surface area contributed by atoms with E-state index in [1.807, 2.05) is 0 Å². The van der Waals surface area contributed by atoms with Gasteiger partial charge in [0.15, 0.2) is 0 Å². The van der Waals surface area contributed by atoms with E-state index < -0.39 is 0 Å². The summed E-state index contributed by atoms with van der Waals surface area (Å²) >= 11 is 0. The summed E-state index contributed by atoms with van der Waals surface area (Å²) in [4.78, 5) is 0. The molecule has 0 amide bonds. The molecule has 2 N–H and O–H groups in total. The molecule has 0 radical (unpaired) electrons. The molecule has 2 nitrogen and oxygen atoms in total. The second-order valence-electron chi connectivity index (χ2n) is 5.91. The molecular weight excluding hydrogens is 277 g/mol. The summed E-state index contributed by atoms with van der Waals surface area (Å²) in [6.07, 6.45) is 0.665. The van der Waals surface area contributed by atoms with Crippen molar-refractivity contribution < 1.29 is 9.13 Å². The van der Waals surface area contributed by atoms with E-state index in [1.165, 1.54) is 23.3 Å². The fourth-order valence-corrected chi connectivity index (χ4v) is 2.66. The van der Waals surface area contributed by atoms with Crippen molar-refractivity contribution in [2.75, 3.05) is 13.7 Å². The number of hydrogen-bond donors (Lipinski definition) is 1. The van der Waals surface area contributed by atoms with E-state index in [0.717, 1.165) is 5.56 Å². The Hall–Kier alpha value is -1.87. The maximum Gasteiger partial charge on any atom is 0.123 e. The van der Waals surface area contributed by atoms with Gasteiger partial charge in [0.1, 0.15) is 11.6 Å². The number of methoxy groups -OCH3 is 1. The monoisotopic (exact) mass is 301 g/mol. The summed E-state index contributed by atoms with van der Waals surface area (Å²) in [5, 5.41) is 0. The molecule has 0 saturated carbocycles. The first kappa shape index (κ1) is 16.5. The van der Waals surface area contributed by atoms with E-state index in [9.17, 15) is 4.39 Å². The van der Waals surface area contributed by atoms with E-state index in [0.29, 0.717) is 24.6 Å². The summed E-state index contributed by atoms with van der Waals surface area (Å²) in [7, 11) is 1.60. The summed E-state index contributed by atoms with van der Waals surface area (Å²) < 4.78 is 18.8. The summed E-state index contributed by atoms with van der Waals surface area (Å²) in [6.45, 7) is 4.86. The van der Waals surface area contributed by atoms with Gasteiger partial charge in [-0.1, -0.05) is 38.1 Å². The highest BCUT2D eigenvalue weighted by Crippen LogP contribution is 2.27. The lowest BCUT2D eigenvalue weighted by atomic mass is 9.90. The number of hydrogen-bond acceptors (Lipinski definition) is 2. The minimum Gasteiger partial charge on any atom is -0.496 e. The Balaban J connectivity index is 2.23.